The zero-order valence-electron chi connectivity index (χ0n) is 29.3. The summed E-state index contributed by atoms with van der Waals surface area (Å²) in [5.41, 5.74) is 1.99. The first-order valence-corrected chi connectivity index (χ1v) is 17.3. The van der Waals surface area contributed by atoms with Gasteiger partial charge in [0, 0.05) is 28.7 Å². The van der Waals surface area contributed by atoms with E-state index in [9.17, 15) is 10.2 Å². The second-order valence-corrected chi connectivity index (χ2v) is 16.2. The molecule has 3 nitrogen and oxygen atoms in total. The maximum atomic E-state index is 10.3. The van der Waals surface area contributed by atoms with Crippen LogP contribution in [0.1, 0.15) is 133 Å². The number of ether oxygens (including phenoxy) is 1. The quantitative estimate of drug-likeness (QED) is 0.127. The SMILES string of the molecule is CC1=C(C#CC(C)C/C=C/C(C)/C=C/CCC(C)CCCC(C)/C=C\[C@@]23O[C@]2(C)C[C@@H](O)CC3(C)C)C(C)(C)C[C@H](O)C1. The first kappa shape index (κ1) is 35.9. The van der Waals surface area contributed by atoms with E-state index in [0.29, 0.717) is 17.8 Å². The van der Waals surface area contributed by atoms with Crippen molar-refractivity contribution in [3.8, 4) is 11.8 Å². The van der Waals surface area contributed by atoms with Crippen molar-refractivity contribution in [3.63, 3.8) is 0 Å². The Bertz CT molecular complexity index is 1110. The summed E-state index contributed by atoms with van der Waals surface area (Å²) in [6.45, 7) is 22.4. The number of hydrogen-bond acceptors (Lipinski definition) is 3. The average molecular weight is 593 g/mol. The maximum Gasteiger partial charge on any atom is 0.121 e. The van der Waals surface area contributed by atoms with Gasteiger partial charge in [-0.15, -0.1) is 0 Å². The van der Waals surface area contributed by atoms with Gasteiger partial charge in [-0.25, -0.2) is 0 Å². The molecule has 0 amide bonds. The molecule has 3 aliphatic rings. The summed E-state index contributed by atoms with van der Waals surface area (Å²) in [4.78, 5) is 0. The number of rotatable bonds is 13. The molecule has 0 bridgehead atoms. The van der Waals surface area contributed by atoms with Crippen molar-refractivity contribution in [2.24, 2.45) is 34.5 Å². The van der Waals surface area contributed by atoms with Gasteiger partial charge >= 0.3 is 0 Å². The minimum Gasteiger partial charge on any atom is -0.393 e. The smallest absolute Gasteiger partial charge is 0.121 e. The average Bonchev–Trinajstić information content (AvgIpc) is 3.49. The lowest BCUT2D eigenvalue weighted by molar-refractivity contribution is 0.0513. The fraction of sp³-hybridized carbons (Fsp3) is 0.750. The van der Waals surface area contributed by atoms with E-state index in [1.54, 1.807) is 0 Å². The summed E-state index contributed by atoms with van der Waals surface area (Å²) in [7, 11) is 0. The maximum absolute atomic E-state index is 10.3. The molecule has 1 heterocycles. The van der Waals surface area contributed by atoms with E-state index >= 15 is 0 Å². The lowest BCUT2D eigenvalue weighted by Crippen LogP contribution is -2.46. The van der Waals surface area contributed by atoms with Gasteiger partial charge in [0.2, 0.25) is 0 Å². The van der Waals surface area contributed by atoms with Gasteiger partial charge < -0.3 is 14.9 Å². The molecular weight excluding hydrogens is 528 g/mol. The molecule has 0 aromatic rings. The number of allylic oxidation sites excluding steroid dienone is 6. The van der Waals surface area contributed by atoms with Crippen molar-refractivity contribution in [1.82, 2.24) is 0 Å². The molecule has 8 atom stereocenters. The van der Waals surface area contributed by atoms with Gasteiger partial charge in [-0.05, 0) is 76.5 Å². The second kappa shape index (κ2) is 14.7. The molecule has 2 N–H and O–H groups in total. The van der Waals surface area contributed by atoms with Crippen molar-refractivity contribution in [2.75, 3.05) is 0 Å². The van der Waals surface area contributed by atoms with Crippen LogP contribution in [0.25, 0.3) is 0 Å². The topological polar surface area (TPSA) is 53.0 Å². The Balaban J connectivity index is 1.31. The predicted molar refractivity (Wildman–Crippen MR) is 183 cm³/mol. The van der Waals surface area contributed by atoms with E-state index in [-0.39, 0.29) is 34.2 Å². The van der Waals surface area contributed by atoms with Crippen molar-refractivity contribution in [2.45, 2.75) is 157 Å². The molecule has 1 saturated heterocycles. The van der Waals surface area contributed by atoms with Crippen LogP contribution in [0.15, 0.2) is 47.6 Å². The minimum atomic E-state index is -0.253. The summed E-state index contributed by atoms with van der Waals surface area (Å²) in [6, 6.07) is 0. The van der Waals surface area contributed by atoms with Crippen LogP contribution < -0.4 is 0 Å². The molecule has 0 radical (unpaired) electrons. The van der Waals surface area contributed by atoms with Crippen LogP contribution in [0.4, 0.5) is 0 Å². The van der Waals surface area contributed by atoms with Gasteiger partial charge in [0.25, 0.3) is 0 Å². The van der Waals surface area contributed by atoms with Crippen molar-refractivity contribution < 1.29 is 14.9 Å². The molecule has 1 saturated carbocycles. The molecule has 242 valence electrons. The van der Waals surface area contributed by atoms with E-state index in [1.165, 1.54) is 36.8 Å². The second-order valence-electron chi connectivity index (χ2n) is 16.2. The van der Waals surface area contributed by atoms with Crippen LogP contribution >= 0.6 is 0 Å². The van der Waals surface area contributed by atoms with Crippen molar-refractivity contribution in [1.29, 1.82) is 0 Å². The summed E-state index contributed by atoms with van der Waals surface area (Å²) in [6.07, 6.45) is 23.8. The molecule has 4 unspecified atom stereocenters. The Morgan fingerprint density at radius 3 is 2.26 bits per heavy atom. The molecule has 0 aromatic carbocycles. The molecule has 1 aliphatic heterocycles. The van der Waals surface area contributed by atoms with Crippen LogP contribution in [0.5, 0.6) is 0 Å². The number of epoxide rings is 1. The summed E-state index contributed by atoms with van der Waals surface area (Å²) < 4.78 is 6.31. The van der Waals surface area contributed by atoms with Crippen LogP contribution in [0.3, 0.4) is 0 Å². The van der Waals surface area contributed by atoms with Crippen LogP contribution in [-0.2, 0) is 4.74 Å². The Hall–Kier alpha value is -1.60. The van der Waals surface area contributed by atoms with Gasteiger partial charge in [0.1, 0.15) is 11.2 Å². The monoisotopic (exact) mass is 592 g/mol. The summed E-state index contributed by atoms with van der Waals surface area (Å²) in [5.74, 6) is 9.01. The number of hydrogen-bond donors (Lipinski definition) is 2. The normalized spacial score (nSPS) is 32.8. The van der Waals surface area contributed by atoms with Gasteiger partial charge in [0.15, 0.2) is 0 Å². The molecular formula is C40H64O3. The van der Waals surface area contributed by atoms with Crippen molar-refractivity contribution in [3.05, 3.63) is 47.6 Å². The third kappa shape index (κ3) is 9.45. The Labute approximate surface area is 265 Å². The fourth-order valence-corrected chi connectivity index (χ4v) is 7.98. The minimum absolute atomic E-state index is 0.0338. The zero-order valence-corrected chi connectivity index (χ0v) is 29.3. The largest absolute Gasteiger partial charge is 0.393 e. The highest BCUT2D eigenvalue weighted by atomic mass is 16.6. The van der Waals surface area contributed by atoms with Crippen LogP contribution in [-0.4, -0.2) is 33.6 Å². The molecule has 3 heteroatoms. The lowest BCUT2D eigenvalue weighted by Gasteiger charge is -2.39. The highest BCUT2D eigenvalue weighted by Crippen LogP contribution is 2.66. The molecule has 0 aromatic heterocycles. The summed E-state index contributed by atoms with van der Waals surface area (Å²) in [5, 5.41) is 20.4. The first-order valence-electron chi connectivity index (χ1n) is 17.3. The molecule has 0 spiro atoms. The number of aliphatic hydroxyl groups is 2. The third-order valence-electron chi connectivity index (χ3n) is 10.6. The van der Waals surface area contributed by atoms with Crippen LogP contribution in [0.2, 0.25) is 0 Å². The van der Waals surface area contributed by atoms with E-state index < -0.39 is 0 Å². The predicted octanol–water partition coefficient (Wildman–Crippen LogP) is 9.75. The Morgan fingerprint density at radius 1 is 0.884 bits per heavy atom. The van der Waals surface area contributed by atoms with E-state index in [1.807, 2.05) is 0 Å². The molecule has 2 fully saturated rings. The fourth-order valence-electron chi connectivity index (χ4n) is 7.98. The zero-order chi connectivity index (χ0) is 32.1. The van der Waals surface area contributed by atoms with Gasteiger partial charge in [-0.2, -0.15) is 0 Å². The summed E-state index contributed by atoms with van der Waals surface area (Å²) >= 11 is 0. The van der Waals surface area contributed by atoms with E-state index in [0.717, 1.165) is 44.4 Å². The molecule has 43 heavy (non-hydrogen) atoms. The standard InChI is InChI=1S/C40H64O3/c1-29(17-13-19-31(3)21-22-36-33(5)25-34(41)26-37(36,6)7)15-11-12-16-30(2)18-14-20-32(4)23-24-40-38(8,9)27-35(42)28-39(40,10)43-40/h11,13,15,17,23-24,29-32,34-35,41-42H,12,14,16,18-20,25-28H2,1-10H3/b15-11+,17-13+,24-23-/t29?,30?,31?,32?,34-,35+,39-,40+/m1/s1. The van der Waals surface area contributed by atoms with Crippen molar-refractivity contribution >= 4 is 0 Å². The highest BCUT2D eigenvalue weighted by molar-refractivity contribution is 5.40. The van der Waals surface area contributed by atoms with E-state index in [2.05, 4.69) is 118 Å². The van der Waals surface area contributed by atoms with E-state index in [4.69, 9.17) is 4.74 Å². The Kier molecular flexibility index (Phi) is 12.2. The molecule has 3 rings (SSSR count). The lowest BCUT2D eigenvalue weighted by atomic mass is 9.63. The third-order valence-corrected chi connectivity index (χ3v) is 10.6. The number of aliphatic hydroxyl groups excluding tert-OH is 2. The van der Waals surface area contributed by atoms with Gasteiger partial charge in [0.05, 0.1) is 12.2 Å². The first-order chi connectivity index (χ1) is 20.0. The Morgan fingerprint density at radius 2 is 1.58 bits per heavy atom. The number of fused-ring (bicyclic) bond motifs is 1. The van der Waals surface area contributed by atoms with Gasteiger partial charge in [-0.3, -0.25) is 0 Å². The molecule has 2 aliphatic carbocycles. The highest BCUT2D eigenvalue weighted by Gasteiger charge is 2.74. The van der Waals surface area contributed by atoms with Crippen LogP contribution in [0, 0.1) is 46.3 Å². The van der Waals surface area contributed by atoms with Gasteiger partial charge in [-0.1, -0.05) is 122 Å².